The minimum atomic E-state index is -0.450. The lowest BCUT2D eigenvalue weighted by atomic mass is 9.84. The van der Waals surface area contributed by atoms with Gasteiger partial charge < -0.3 is 5.11 Å². The van der Waals surface area contributed by atoms with E-state index in [-0.39, 0.29) is 0 Å². The molecule has 1 fully saturated rings. The summed E-state index contributed by atoms with van der Waals surface area (Å²) in [4.78, 5) is 14.5. The van der Waals surface area contributed by atoms with E-state index in [1.165, 1.54) is 17.5 Å². The van der Waals surface area contributed by atoms with E-state index in [0.29, 0.717) is 5.75 Å². The van der Waals surface area contributed by atoms with Crippen LogP contribution in [0.15, 0.2) is 17.1 Å². The maximum Gasteiger partial charge on any atom is 0.235 e. The van der Waals surface area contributed by atoms with Crippen molar-refractivity contribution in [1.29, 1.82) is 0 Å². The first kappa shape index (κ1) is 10.5. The normalized spacial score (nSPS) is 20.2. The molecule has 0 amide bonds. The van der Waals surface area contributed by atoms with Gasteiger partial charge in [-0.3, -0.25) is 0 Å². The molecule has 0 aliphatic heterocycles. The summed E-state index contributed by atoms with van der Waals surface area (Å²) in [5.41, 5.74) is 3.00. The van der Waals surface area contributed by atoms with Crippen LogP contribution in [0.1, 0.15) is 42.4 Å². The molecule has 0 bridgehead atoms. The van der Waals surface area contributed by atoms with Gasteiger partial charge in [-0.1, -0.05) is 6.07 Å². The van der Waals surface area contributed by atoms with Crippen LogP contribution in [0.2, 0.25) is 0 Å². The standard InChI is InChI=1S/C14H15NO2/c16-9-15-14(7-8-14)13-11-4-2-1-3-10(11)5-6-12(13)17/h5-6,17H,1-4,7-8H2. The zero-order valence-corrected chi connectivity index (χ0v) is 9.70. The first-order valence-electron chi connectivity index (χ1n) is 6.20. The highest BCUT2D eigenvalue weighted by Gasteiger charge is 2.48. The van der Waals surface area contributed by atoms with Gasteiger partial charge in [0, 0.05) is 5.56 Å². The Balaban J connectivity index is 2.18. The third-order valence-electron chi connectivity index (χ3n) is 3.96. The molecular weight excluding hydrogens is 214 g/mol. The van der Waals surface area contributed by atoms with Gasteiger partial charge in [0.05, 0.1) is 0 Å². The summed E-state index contributed by atoms with van der Waals surface area (Å²) in [6, 6.07) is 3.76. The zero-order chi connectivity index (χ0) is 11.9. The molecule has 3 nitrogen and oxygen atoms in total. The van der Waals surface area contributed by atoms with Gasteiger partial charge in [-0.2, -0.15) is 4.99 Å². The summed E-state index contributed by atoms with van der Waals surface area (Å²) >= 11 is 0. The summed E-state index contributed by atoms with van der Waals surface area (Å²) in [6.45, 7) is 0. The van der Waals surface area contributed by atoms with Crippen molar-refractivity contribution < 1.29 is 9.90 Å². The number of benzene rings is 1. The number of fused-ring (bicyclic) bond motifs is 1. The van der Waals surface area contributed by atoms with Crippen molar-refractivity contribution in [2.24, 2.45) is 4.99 Å². The largest absolute Gasteiger partial charge is 0.508 e. The molecule has 0 spiro atoms. The summed E-state index contributed by atoms with van der Waals surface area (Å²) in [5, 5.41) is 10.1. The Labute approximate surface area is 100 Å². The highest BCUT2D eigenvalue weighted by atomic mass is 16.3. The van der Waals surface area contributed by atoms with Crippen LogP contribution in [0.25, 0.3) is 0 Å². The molecule has 0 aromatic heterocycles. The maximum absolute atomic E-state index is 10.5. The number of isocyanates is 1. The Kier molecular flexibility index (Phi) is 2.30. The molecule has 3 rings (SSSR count). The summed E-state index contributed by atoms with van der Waals surface area (Å²) in [5.74, 6) is 0.294. The fourth-order valence-electron chi connectivity index (χ4n) is 2.96. The number of rotatable bonds is 2. The topological polar surface area (TPSA) is 49.7 Å². The van der Waals surface area contributed by atoms with Crippen LogP contribution in [0.3, 0.4) is 0 Å². The number of aromatic hydroxyl groups is 1. The molecule has 1 aromatic rings. The van der Waals surface area contributed by atoms with Crippen molar-refractivity contribution in [1.82, 2.24) is 0 Å². The Bertz CT molecular complexity index is 511. The van der Waals surface area contributed by atoms with Gasteiger partial charge >= 0.3 is 0 Å². The Morgan fingerprint density at radius 3 is 2.71 bits per heavy atom. The molecule has 1 saturated carbocycles. The molecule has 2 aliphatic carbocycles. The van der Waals surface area contributed by atoms with Crippen molar-refractivity contribution in [2.75, 3.05) is 0 Å². The van der Waals surface area contributed by atoms with E-state index in [1.54, 1.807) is 12.1 Å². The van der Waals surface area contributed by atoms with Crippen LogP contribution in [-0.4, -0.2) is 11.2 Å². The second-order valence-electron chi connectivity index (χ2n) is 5.04. The lowest BCUT2D eigenvalue weighted by Crippen LogP contribution is -2.13. The van der Waals surface area contributed by atoms with Crippen molar-refractivity contribution >= 4 is 6.08 Å². The van der Waals surface area contributed by atoms with Gasteiger partial charge in [0.2, 0.25) is 6.08 Å². The summed E-state index contributed by atoms with van der Waals surface area (Å²) in [7, 11) is 0. The van der Waals surface area contributed by atoms with E-state index in [4.69, 9.17) is 0 Å². The van der Waals surface area contributed by atoms with Crippen molar-refractivity contribution in [3.8, 4) is 5.75 Å². The van der Waals surface area contributed by atoms with E-state index in [1.807, 2.05) is 6.07 Å². The van der Waals surface area contributed by atoms with Gasteiger partial charge in [-0.15, -0.1) is 0 Å². The smallest absolute Gasteiger partial charge is 0.235 e. The van der Waals surface area contributed by atoms with Crippen molar-refractivity contribution in [2.45, 2.75) is 44.1 Å². The minimum Gasteiger partial charge on any atom is -0.508 e. The molecule has 3 heteroatoms. The van der Waals surface area contributed by atoms with E-state index in [0.717, 1.165) is 37.7 Å². The molecular formula is C14H15NO2. The Morgan fingerprint density at radius 1 is 1.24 bits per heavy atom. The predicted molar refractivity (Wildman–Crippen MR) is 63.8 cm³/mol. The lowest BCUT2D eigenvalue weighted by Gasteiger charge is -2.23. The predicted octanol–water partition coefficient (Wildman–Crippen LogP) is 2.60. The van der Waals surface area contributed by atoms with E-state index in [9.17, 15) is 9.90 Å². The molecule has 1 aromatic carbocycles. The molecule has 0 saturated heterocycles. The number of phenolic OH excluding ortho intramolecular Hbond substituents is 1. The van der Waals surface area contributed by atoms with Gasteiger partial charge in [0.15, 0.2) is 0 Å². The first-order valence-corrected chi connectivity index (χ1v) is 6.20. The molecule has 2 aliphatic rings. The van der Waals surface area contributed by atoms with Crippen LogP contribution in [0.4, 0.5) is 0 Å². The van der Waals surface area contributed by atoms with E-state index in [2.05, 4.69) is 4.99 Å². The quantitative estimate of drug-likeness (QED) is 0.626. The van der Waals surface area contributed by atoms with Gasteiger partial charge in [0.1, 0.15) is 11.3 Å². The third kappa shape index (κ3) is 1.58. The molecule has 0 atom stereocenters. The molecule has 17 heavy (non-hydrogen) atoms. The van der Waals surface area contributed by atoms with E-state index < -0.39 is 5.54 Å². The highest BCUT2D eigenvalue weighted by Crippen LogP contribution is 2.54. The number of nitrogens with zero attached hydrogens (tertiary/aromatic N) is 1. The molecule has 0 unspecified atom stereocenters. The van der Waals surface area contributed by atoms with Crippen molar-refractivity contribution in [3.05, 3.63) is 28.8 Å². The first-order chi connectivity index (χ1) is 8.27. The van der Waals surface area contributed by atoms with Crippen LogP contribution in [0.5, 0.6) is 5.75 Å². The maximum atomic E-state index is 10.5. The Morgan fingerprint density at radius 2 is 2.00 bits per heavy atom. The zero-order valence-electron chi connectivity index (χ0n) is 9.70. The number of hydrogen-bond acceptors (Lipinski definition) is 3. The van der Waals surface area contributed by atoms with Crippen LogP contribution in [-0.2, 0) is 23.2 Å². The SMILES string of the molecule is O=C=NC1(c2c(O)ccc3c2CCCC3)CC1. The second kappa shape index (κ2) is 3.71. The fraction of sp³-hybridized carbons (Fsp3) is 0.500. The molecule has 88 valence electrons. The monoisotopic (exact) mass is 229 g/mol. The van der Waals surface area contributed by atoms with Crippen LogP contribution in [0, 0.1) is 0 Å². The minimum absolute atomic E-state index is 0.294. The number of aliphatic imine (C=N–C) groups is 1. The lowest BCUT2D eigenvalue weighted by molar-refractivity contribution is 0.455. The Hall–Kier alpha value is -1.60. The summed E-state index contributed by atoms with van der Waals surface area (Å²) in [6.07, 6.45) is 7.81. The van der Waals surface area contributed by atoms with Gasteiger partial charge in [0.25, 0.3) is 0 Å². The van der Waals surface area contributed by atoms with Crippen molar-refractivity contribution in [3.63, 3.8) is 0 Å². The third-order valence-corrected chi connectivity index (χ3v) is 3.96. The average molecular weight is 229 g/mol. The summed E-state index contributed by atoms with van der Waals surface area (Å²) < 4.78 is 0. The second-order valence-corrected chi connectivity index (χ2v) is 5.04. The molecule has 0 heterocycles. The number of hydrogen-bond donors (Lipinski definition) is 1. The number of phenols is 1. The average Bonchev–Trinajstić information content (AvgIpc) is 3.10. The van der Waals surface area contributed by atoms with Crippen LogP contribution >= 0.6 is 0 Å². The van der Waals surface area contributed by atoms with Gasteiger partial charge in [-0.05, 0) is 55.7 Å². The number of aryl methyl sites for hydroxylation is 1. The molecule has 1 N–H and O–H groups in total. The number of carbonyl (C=O) groups excluding carboxylic acids is 1. The fourth-order valence-corrected chi connectivity index (χ4v) is 2.96. The molecule has 0 radical (unpaired) electrons. The van der Waals surface area contributed by atoms with Crippen LogP contribution < -0.4 is 0 Å². The van der Waals surface area contributed by atoms with E-state index >= 15 is 0 Å². The van der Waals surface area contributed by atoms with Gasteiger partial charge in [-0.25, -0.2) is 4.79 Å². The highest BCUT2D eigenvalue weighted by molar-refractivity contribution is 5.54.